The first-order chi connectivity index (χ1) is 7.33. The SMILES string of the molecule is C=C(Cl)CNS(=O)(=O)c1ccc(Br)c(F)c1. The van der Waals surface area contributed by atoms with Crippen molar-refractivity contribution in [2.75, 3.05) is 6.54 Å². The molecule has 0 fully saturated rings. The van der Waals surface area contributed by atoms with E-state index in [0.717, 1.165) is 6.07 Å². The summed E-state index contributed by atoms with van der Waals surface area (Å²) in [4.78, 5) is -0.161. The summed E-state index contributed by atoms with van der Waals surface area (Å²) in [7, 11) is -3.75. The predicted molar refractivity (Wildman–Crippen MR) is 64.3 cm³/mol. The minimum Gasteiger partial charge on any atom is -0.207 e. The van der Waals surface area contributed by atoms with Crippen LogP contribution in [0, 0.1) is 5.82 Å². The molecule has 0 aromatic heterocycles. The van der Waals surface area contributed by atoms with E-state index in [4.69, 9.17) is 11.6 Å². The van der Waals surface area contributed by atoms with Gasteiger partial charge in [-0.15, -0.1) is 0 Å². The molecule has 0 atom stereocenters. The molecule has 1 aromatic rings. The molecule has 0 spiro atoms. The molecule has 1 aromatic carbocycles. The molecule has 0 heterocycles. The van der Waals surface area contributed by atoms with Crippen LogP contribution in [0.1, 0.15) is 0 Å². The lowest BCUT2D eigenvalue weighted by Gasteiger charge is -2.06. The van der Waals surface area contributed by atoms with Crippen LogP contribution in [0.2, 0.25) is 0 Å². The molecule has 0 radical (unpaired) electrons. The number of nitrogens with one attached hydrogen (secondary N) is 1. The zero-order valence-electron chi connectivity index (χ0n) is 8.00. The average Bonchev–Trinajstić information content (AvgIpc) is 2.19. The second-order valence-corrected chi connectivity index (χ2v) is 6.07. The third kappa shape index (κ3) is 3.55. The molecule has 0 saturated heterocycles. The monoisotopic (exact) mass is 327 g/mol. The van der Waals surface area contributed by atoms with Crippen molar-refractivity contribution in [3.05, 3.63) is 40.1 Å². The largest absolute Gasteiger partial charge is 0.241 e. The predicted octanol–water partition coefficient (Wildman–Crippen LogP) is 2.62. The third-order valence-electron chi connectivity index (χ3n) is 1.66. The lowest BCUT2D eigenvalue weighted by atomic mass is 10.3. The van der Waals surface area contributed by atoms with Crippen molar-refractivity contribution < 1.29 is 12.8 Å². The van der Waals surface area contributed by atoms with E-state index in [0.29, 0.717) is 0 Å². The van der Waals surface area contributed by atoms with E-state index in [2.05, 4.69) is 27.2 Å². The third-order valence-corrected chi connectivity index (χ3v) is 3.83. The summed E-state index contributed by atoms with van der Waals surface area (Å²) in [5.74, 6) is -0.646. The van der Waals surface area contributed by atoms with Gasteiger partial charge in [-0.05, 0) is 34.1 Å². The first kappa shape index (κ1) is 13.6. The topological polar surface area (TPSA) is 46.2 Å². The molecule has 7 heteroatoms. The summed E-state index contributed by atoms with van der Waals surface area (Å²) in [5.41, 5.74) is 0. The highest BCUT2D eigenvalue weighted by Gasteiger charge is 2.15. The lowest BCUT2D eigenvalue weighted by molar-refractivity contribution is 0.580. The zero-order chi connectivity index (χ0) is 12.3. The Labute approximate surface area is 106 Å². The molecule has 16 heavy (non-hydrogen) atoms. The maximum Gasteiger partial charge on any atom is 0.241 e. The van der Waals surface area contributed by atoms with Gasteiger partial charge < -0.3 is 0 Å². The van der Waals surface area contributed by atoms with Crippen LogP contribution in [-0.4, -0.2) is 15.0 Å². The summed E-state index contributed by atoms with van der Waals surface area (Å²) in [6.45, 7) is 3.24. The van der Waals surface area contributed by atoms with Gasteiger partial charge in [0, 0.05) is 11.6 Å². The standard InChI is InChI=1S/C9H8BrClFNO2S/c1-6(11)5-13-16(14,15)7-2-3-8(10)9(12)4-7/h2-4,13H,1,5H2. The molecule has 0 bridgehead atoms. The van der Waals surface area contributed by atoms with Gasteiger partial charge in [0.2, 0.25) is 10.0 Å². The molecule has 88 valence electrons. The van der Waals surface area contributed by atoms with E-state index in [-0.39, 0.29) is 20.9 Å². The fourth-order valence-electron chi connectivity index (χ4n) is 0.901. The van der Waals surface area contributed by atoms with Gasteiger partial charge in [0.05, 0.1) is 9.37 Å². The zero-order valence-corrected chi connectivity index (χ0v) is 11.2. The lowest BCUT2D eigenvalue weighted by Crippen LogP contribution is -2.24. The van der Waals surface area contributed by atoms with Crippen LogP contribution in [0.5, 0.6) is 0 Å². The molecular weight excluding hydrogens is 321 g/mol. The fourth-order valence-corrected chi connectivity index (χ4v) is 2.33. The van der Waals surface area contributed by atoms with Crippen molar-refractivity contribution in [3.63, 3.8) is 0 Å². The Hall–Kier alpha value is -0.430. The summed E-state index contributed by atoms with van der Waals surface area (Å²) in [6, 6.07) is 3.52. The number of benzene rings is 1. The molecule has 0 aliphatic rings. The van der Waals surface area contributed by atoms with E-state index in [1.807, 2.05) is 0 Å². The molecule has 3 nitrogen and oxygen atoms in total. The van der Waals surface area contributed by atoms with E-state index in [1.54, 1.807) is 0 Å². The highest BCUT2D eigenvalue weighted by molar-refractivity contribution is 9.10. The summed E-state index contributed by atoms with van der Waals surface area (Å²) < 4.78 is 38.7. The van der Waals surface area contributed by atoms with E-state index >= 15 is 0 Å². The Morgan fingerprint density at radius 1 is 1.56 bits per heavy atom. The Balaban J connectivity index is 2.99. The average molecular weight is 329 g/mol. The molecule has 0 aliphatic heterocycles. The summed E-state index contributed by atoms with van der Waals surface area (Å²) in [6.07, 6.45) is 0. The minimum absolute atomic E-state index is 0.0957. The van der Waals surface area contributed by atoms with Crippen molar-refractivity contribution in [1.29, 1.82) is 0 Å². The first-order valence-corrected chi connectivity index (χ1v) is 6.76. The maximum absolute atomic E-state index is 13.1. The van der Waals surface area contributed by atoms with Crippen LogP contribution >= 0.6 is 27.5 Å². The van der Waals surface area contributed by atoms with Crippen molar-refractivity contribution in [2.24, 2.45) is 0 Å². The van der Waals surface area contributed by atoms with Gasteiger partial charge >= 0.3 is 0 Å². The highest BCUT2D eigenvalue weighted by atomic mass is 79.9. The first-order valence-electron chi connectivity index (χ1n) is 4.11. The summed E-state index contributed by atoms with van der Waals surface area (Å²) in [5, 5.41) is 0.154. The summed E-state index contributed by atoms with van der Waals surface area (Å²) >= 11 is 8.36. The van der Waals surface area contributed by atoms with Gasteiger partial charge in [-0.2, -0.15) is 0 Å². The normalized spacial score (nSPS) is 11.4. The van der Waals surface area contributed by atoms with Crippen LogP contribution in [0.15, 0.2) is 39.2 Å². The van der Waals surface area contributed by atoms with Crippen LogP contribution in [0.25, 0.3) is 0 Å². The number of sulfonamides is 1. The molecule has 1 N–H and O–H groups in total. The quantitative estimate of drug-likeness (QED) is 0.923. The molecule has 0 saturated carbocycles. The molecule has 0 aliphatic carbocycles. The van der Waals surface area contributed by atoms with Crippen molar-refractivity contribution >= 4 is 37.6 Å². The van der Waals surface area contributed by atoms with Gasteiger partial charge in [0.1, 0.15) is 5.82 Å². The Kier molecular flexibility index (Phi) is 4.49. The van der Waals surface area contributed by atoms with Gasteiger partial charge in [-0.1, -0.05) is 18.2 Å². The maximum atomic E-state index is 13.1. The smallest absolute Gasteiger partial charge is 0.207 e. The second-order valence-electron chi connectivity index (χ2n) is 2.92. The van der Waals surface area contributed by atoms with Gasteiger partial charge in [-0.3, -0.25) is 0 Å². The van der Waals surface area contributed by atoms with E-state index in [9.17, 15) is 12.8 Å². The van der Waals surface area contributed by atoms with Crippen LogP contribution in [-0.2, 0) is 10.0 Å². The number of halogens is 3. The Morgan fingerprint density at radius 3 is 2.69 bits per heavy atom. The molecular formula is C9H8BrClFNO2S. The van der Waals surface area contributed by atoms with E-state index < -0.39 is 15.8 Å². The van der Waals surface area contributed by atoms with Crippen LogP contribution in [0.4, 0.5) is 4.39 Å². The van der Waals surface area contributed by atoms with Crippen LogP contribution in [0.3, 0.4) is 0 Å². The molecule has 1 rings (SSSR count). The van der Waals surface area contributed by atoms with Gasteiger partial charge in [0.25, 0.3) is 0 Å². The molecule has 0 unspecified atom stereocenters. The Bertz CT molecular complexity index is 518. The Morgan fingerprint density at radius 2 is 2.19 bits per heavy atom. The van der Waals surface area contributed by atoms with Crippen molar-refractivity contribution in [1.82, 2.24) is 4.72 Å². The highest BCUT2D eigenvalue weighted by Crippen LogP contribution is 2.19. The number of hydrogen-bond donors (Lipinski definition) is 1. The second kappa shape index (κ2) is 5.27. The van der Waals surface area contributed by atoms with Crippen molar-refractivity contribution in [2.45, 2.75) is 4.90 Å². The number of rotatable bonds is 4. The molecule has 0 amide bonds. The number of hydrogen-bond acceptors (Lipinski definition) is 2. The minimum atomic E-state index is -3.75. The van der Waals surface area contributed by atoms with Crippen LogP contribution < -0.4 is 4.72 Å². The fraction of sp³-hybridized carbons (Fsp3) is 0.111. The van der Waals surface area contributed by atoms with Gasteiger partial charge in [-0.25, -0.2) is 17.5 Å². The van der Waals surface area contributed by atoms with E-state index in [1.165, 1.54) is 12.1 Å². The van der Waals surface area contributed by atoms with Crippen molar-refractivity contribution in [3.8, 4) is 0 Å². The van der Waals surface area contributed by atoms with Gasteiger partial charge in [0.15, 0.2) is 0 Å².